The predicted molar refractivity (Wildman–Crippen MR) is 115 cm³/mol. The van der Waals surface area contributed by atoms with E-state index in [1.165, 1.54) is 0 Å². The Morgan fingerprint density at radius 2 is 1.78 bits per heavy atom. The van der Waals surface area contributed by atoms with Crippen molar-refractivity contribution in [1.29, 1.82) is 0 Å². The Hall–Kier alpha value is -2.33. The molecule has 0 aliphatic carbocycles. The topological polar surface area (TPSA) is 83.5 Å². The number of aromatic nitrogens is 2. The smallest absolute Gasteiger partial charge is 0.222 e. The molecule has 1 amide bonds. The summed E-state index contributed by atoms with van der Waals surface area (Å²) < 4.78 is 53.2. The first-order chi connectivity index (χ1) is 15.2. The van der Waals surface area contributed by atoms with Crippen LogP contribution < -0.4 is 4.90 Å². The fourth-order valence-electron chi connectivity index (χ4n) is 4.78. The van der Waals surface area contributed by atoms with Crippen LogP contribution in [-0.2, 0) is 26.1 Å². The van der Waals surface area contributed by atoms with Gasteiger partial charge in [-0.2, -0.15) is 0 Å². The Labute approximate surface area is 189 Å². The highest BCUT2D eigenvalue weighted by molar-refractivity contribution is 7.90. The summed E-state index contributed by atoms with van der Waals surface area (Å²) in [6.07, 6.45) is 2.93. The molecule has 0 radical (unpaired) electrons. The maximum atomic E-state index is 14.6. The van der Waals surface area contributed by atoms with Crippen molar-refractivity contribution in [2.75, 3.05) is 24.5 Å². The molecule has 0 atom stereocenters. The summed E-state index contributed by atoms with van der Waals surface area (Å²) in [6, 6.07) is 1.94. The highest BCUT2D eigenvalue weighted by Crippen LogP contribution is 2.36. The monoisotopic (exact) mass is 482 g/mol. The van der Waals surface area contributed by atoms with E-state index in [0.29, 0.717) is 36.6 Å². The summed E-state index contributed by atoms with van der Waals surface area (Å²) in [5.74, 6) is -1.49. The summed E-state index contributed by atoms with van der Waals surface area (Å²) in [5.41, 5.74) is 0.661. The third-order valence-corrected chi connectivity index (χ3v) is 8.09. The average molecular weight is 483 g/mol. The van der Waals surface area contributed by atoms with Crippen molar-refractivity contribution in [2.45, 2.75) is 43.2 Å². The van der Waals surface area contributed by atoms with Gasteiger partial charge < -0.3 is 9.80 Å². The molecule has 2 fully saturated rings. The summed E-state index contributed by atoms with van der Waals surface area (Å²) in [4.78, 5) is 24.8. The standard InChI is InChI=1S/C21H21ClF2N4O3S/c22-15-9-16(23)13(8-17(15)24)20-25-18-11-32(30,31)10-14(18)21(26-20)27-6-3-12(4-7-27)28-5-1-2-19(28)29/h8-9,12H,1-7,10-11H2. The van der Waals surface area contributed by atoms with Gasteiger partial charge in [0, 0.05) is 37.7 Å². The van der Waals surface area contributed by atoms with Gasteiger partial charge >= 0.3 is 0 Å². The Morgan fingerprint density at radius 3 is 2.47 bits per heavy atom. The highest BCUT2D eigenvalue weighted by Gasteiger charge is 2.35. The highest BCUT2D eigenvalue weighted by atomic mass is 35.5. The molecule has 0 N–H and O–H groups in total. The molecule has 11 heteroatoms. The Balaban J connectivity index is 1.50. The maximum Gasteiger partial charge on any atom is 0.222 e. The van der Waals surface area contributed by atoms with E-state index in [1.54, 1.807) is 0 Å². The molecule has 170 valence electrons. The zero-order chi connectivity index (χ0) is 22.6. The van der Waals surface area contributed by atoms with E-state index in [4.69, 9.17) is 11.6 Å². The van der Waals surface area contributed by atoms with Gasteiger partial charge in [-0.3, -0.25) is 4.79 Å². The summed E-state index contributed by atoms with van der Waals surface area (Å²) in [6.45, 7) is 1.93. The number of fused-ring (bicyclic) bond motifs is 1. The third-order valence-electron chi connectivity index (χ3n) is 6.36. The number of anilines is 1. The molecule has 1 aromatic heterocycles. The SMILES string of the molecule is O=C1CCCN1C1CCN(c2nc(-c3cc(F)c(Cl)cc3F)nc3c2CS(=O)(=O)C3)CC1. The number of piperidine rings is 1. The first-order valence-corrected chi connectivity index (χ1v) is 12.7. The minimum atomic E-state index is -3.39. The normalized spacial score (nSPS) is 20.8. The van der Waals surface area contributed by atoms with Gasteiger partial charge in [-0.1, -0.05) is 11.6 Å². The molecule has 7 nitrogen and oxygen atoms in total. The summed E-state index contributed by atoms with van der Waals surface area (Å²) in [7, 11) is -3.39. The van der Waals surface area contributed by atoms with Crippen molar-refractivity contribution in [3.63, 3.8) is 0 Å². The molecule has 0 bridgehead atoms. The minimum Gasteiger partial charge on any atom is -0.356 e. The van der Waals surface area contributed by atoms with E-state index >= 15 is 0 Å². The number of hydrogen-bond donors (Lipinski definition) is 0. The van der Waals surface area contributed by atoms with Crippen molar-refractivity contribution < 1.29 is 22.0 Å². The van der Waals surface area contributed by atoms with Crippen molar-refractivity contribution in [2.24, 2.45) is 0 Å². The molecule has 0 spiro atoms. The second-order valence-electron chi connectivity index (χ2n) is 8.48. The summed E-state index contributed by atoms with van der Waals surface area (Å²) in [5, 5.41) is -0.353. The first kappa shape index (κ1) is 21.5. The van der Waals surface area contributed by atoms with Gasteiger partial charge in [0.05, 0.1) is 27.8 Å². The maximum absolute atomic E-state index is 14.6. The van der Waals surface area contributed by atoms with Crippen molar-refractivity contribution in [3.05, 3.63) is 40.0 Å². The molecular formula is C21H21ClF2N4O3S. The number of carbonyl (C=O) groups excluding carboxylic acids is 1. The fourth-order valence-corrected chi connectivity index (χ4v) is 6.43. The lowest BCUT2D eigenvalue weighted by Crippen LogP contribution is -2.46. The second kappa shape index (κ2) is 7.91. The van der Waals surface area contributed by atoms with Crippen molar-refractivity contribution in [3.8, 4) is 11.4 Å². The van der Waals surface area contributed by atoms with Gasteiger partial charge in [-0.25, -0.2) is 27.2 Å². The van der Waals surface area contributed by atoms with Crippen LogP contribution in [0.1, 0.15) is 36.9 Å². The molecule has 2 aromatic rings. The Kier molecular flexibility index (Phi) is 5.32. The number of hydrogen-bond acceptors (Lipinski definition) is 6. The third kappa shape index (κ3) is 3.83. The molecule has 3 aliphatic rings. The molecule has 0 saturated carbocycles. The van der Waals surface area contributed by atoms with Crippen LogP contribution in [0.15, 0.2) is 12.1 Å². The molecule has 3 aliphatic heterocycles. The number of halogens is 3. The van der Waals surface area contributed by atoms with Gasteiger partial charge in [-0.15, -0.1) is 0 Å². The molecule has 2 saturated heterocycles. The zero-order valence-corrected chi connectivity index (χ0v) is 18.7. The van der Waals surface area contributed by atoms with E-state index < -0.39 is 21.5 Å². The van der Waals surface area contributed by atoms with Crippen molar-refractivity contribution >= 4 is 33.2 Å². The van der Waals surface area contributed by atoms with Crippen LogP contribution in [0, 0.1) is 11.6 Å². The largest absolute Gasteiger partial charge is 0.356 e. The lowest BCUT2D eigenvalue weighted by Gasteiger charge is -2.37. The van der Waals surface area contributed by atoms with E-state index in [-0.39, 0.29) is 39.9 Å². The fraction of sp³-hybridized carbons (Fsp3) is 0.476. The predicted octanol–water partition coefficient (Wildman–Crippen LogP) is 3.09. The minimum absolute atomic E-state index is 0.0687. The number of nitrogens with zero attached hydrogens (tertiary/aromatic N) is 4. The van der Waals surface area contributed by atoms with Gasteiger partial charge in [0.15, 0.2) is 15.7 Å². The molecule has 0 unspecified atom stereocenters. The molecular weight excluding hydrogens is 462 g/mol. The summed E-state index contributed by atoms with van der Waals surface area (Å²) >= 11 is 5.66. The first-order valence-electron chi connectivity index (χ1n) is 10.5. The van der Waals surface area contributed by atoms with Crippen molar-refractivity contribution in [1.82, 2.24) is 14.9 Å². The van der Waals surface area contributed by atoms with Gasteiger partial charge in [0.25, 0.3) is 0 Å². The molecule has 5 rings (SSSR count). The molecule has 1 aromatic carbocycles. The van der Waals surface area contributed by atoms with E-state index in [0.717, 1.165) is 37.9 Å². The zero-order valence-electron chi connectivity index (χ0n) is 17.2. The quantitative estimate of drug-likeness (QED) is 0.625. The van der Waals surface area contributed by atoms with Crippen LogP contribution in [0.3, 0.4) is 0 Å². The van der Waals surface area contributed by atoms with Crippen LogP contribution in [0.2, 0.25) is 5.02 Å². The number of likely N-dealkylation sites (tertiary alicyclic amines) is 1. The number of rotatable bonds is 3. The number of benzene rings is 1. The van der Waals surface area contributed by atoms with Crippen LogP contribution in [0.5, 0.6) is 0 Å². The number of amides is 1. The van der Waals surface area contributed by atoms with Crippen LogP contribution >= 0.6 is 11.6 Å². The van der Waals surface area contributed by atoms with Crippen LogP contribution in [-0.4, -0.2) is 54.9 Å². The molecule has 32 heavy (non-hydrogen) atoms. The Morgan fingerprint density at radius 1 is 1.03 bits per heavy atom. The van der Waals surface area contributed by atoms with Crippen LogP contribution in [0.4, 0.5) is 14.6 Å². The second-order valence-corrected chi connectivity index (χ2v) is 11.0. The van der Waals surface area contributed by atoms with E-state index in [9.17, 15) is 22.0 Å². The Bertz CT molecular complexity index is 1220. The lowest BCUT2D eigenvalue weighted by atomic mass is 10.0. The van der Waals surface area contributed by atoms with Gasteiger partial charge in [0.1, 0.15) is 17.5 Å². The van der Waals surface area contributed by atoms with Gasteiger partial charge in [0.2, 0.25) is 5.91 Å². The molecule has 4 heterocycles. The number of carbonyl (C=O) groups is 1. The lowest BCUT2D eigenvalue weighted by molar-refractivity contribution is -0.130. The van der Waals surface area contributed by atoms with E-state index in [2.05, 4.69) is 9.97 Å². The van der Waals surface area contributed by atoms with Crippen LogP contribution in [0.25, 0.3) is 11.4 Å². The van der Waals surface area contributed by atoms with Gasteiger partial charge in [-0.05, 0) is 31.4 Å². The number of sulfone groups is 1. The average Bonchev–Trinajstić information content (AvgIpc) is 3.31. The van der Waals surface area contributed by atoms with E-state index in [1.807, 2.05) is 9.80 Å².